The zero-order valence-corrected chi connectivity index (χ0v) is 13.6. The van der Waals surface area contributed by atoms with Crippen molar-refractivity contribution < 1.29 is 9.18 Å². The quantitative estimate of drug-likeness (QED) is 0.926. The highest BCUT2D eigenvalue weighted by atomic mass is 35.5. The van der Waals surface area contributed by atoms with Crippen molar-refractivity contribution in [2.24, 2.45) is 5.92 Å². The first-order valence-electron chi connectivity index (χ1n) is 7.99. The molecule has 2 atom stereocenters. The third-order valence-electron chi connectivity index (χ3n) is 4.67. The van der Waals surface area contributed by atoms with Gasteiger partial charge in [-0.2, -0.15) is 0 Å². The van der Waals surface area contributed by atoms with E-state index in [0.29, 0.717) is 5.91 Å². The number of nitrogens with zero attached hydrogens (tertiary/aromatic N) is 1. The molecule has 22 heavy (non-hydrogen) atoms. The van der Waals surface area contributed by atoms with Crippen LogP contribution >= 0.6 is 12.4 Å². The van der Waals surface area contributed by atoms with E-state index in [4.69, 9.17) is 0 Å². The summed E-state index contributed by atoms with van der Waals surface area (Å²) in [5, 5.41) is 3.31. The number of piperidine rings is 1. The minimum atomic E-state index is -0.195. The van der Waals surface area contributed by atoms with Crippen LogP contribution in [0.5, 0.6) is 0 Å². The molecule has 2 unspecified atom stereocenters. The molecule has 1 aromatic carbocycles. The van der Waals surface area contributed by atoms with Crippen LogP contribution in [0.1, 0.15) is 31.2 Å². The number of hydrogen-bond donors (Lipinski definition) is 1. The van der Waals surface area contributed by atoms with E-state index in [0.717, 1.165) is 57.3 Å². The number of halogens is 2. The standard InChI is InChI=1S/C17H23FN2O.ClH/c18-15-6-1-4-13(10-15)11-16-7-3-9-20(16)17(21)14-5-2-8-19-12-14;/h1,4,6,10,14,16,19H,2-3,5,7-9,11-12H2;1H. The molecule has 122 valence electrons. The van der Waals surface area contributed by atoms with Gasteiger partial charge in [0.05, 0.1) is 5.92 Å². The lowest BCUT2D eigenvalue weighted by molar-refractivity contribution is -0.136. The molecule has 0 bridgehead atoms. The van der Waals surface area contributed by atoms with Gasteiger partial charge < -0.3 is 10.2 Å². The summed E-state index contributed by atoms with van der Waals surface area (Å²) in [5.74, 6) is 0.229. The Morgan fingerprint density at radius 1 is 1.32 bits per heavy atom. The molecule has 1 aromatic rings. The number of hydrogen-bond acceptors (Lipinski definition) is 2. The second kappa shape index (κ2) is 7.93. The molecule has 5 heteroatoms. The Morgan fingerprint density at radius 2 is 2.18 bits per heavy atom. The van der Waals surface area contributed by atoms with Crippen molar-refractivity contribution in [3.63, 3.8) is 0 Å². The summed E-state index contributed by atoms with van der Waals surface area (Å²) in [4.78, 5) is 14.7. The van der Waals surface area contributed by atoms with Gasteiger partial charge in [0.25, 0.3) is 0 Å². The first-order valence-corrected chi connectivity index (χ1v) is 7.99. The van der Waals surface area contributed by atoms with E-state index in [1.54, 1.807) is 12.1 Å². The number of amides is 1. The van der Waals surface area contributed by atoms with Crippen molar-refractivity contribution in [2.75, 3.05) is 19.6 Å². The molecule has 2 fully saturated rings. The van der Waals surface area contributed by atoms with Gasteiger partial charge >= 0.3 is 0 Å². The highest BCUT2D eigenvalue weighted by Gasteiger charge is 2.33. The summed E-state index contributed by atoms with van der Waals surface area (Å²) in [6.07, 6.45) is 4.94. The Hall–Kier alpha value is -1.13. The van der Waals surface area contributed by atoms with Crippen molar-refractivity contribution in [2.45, 2.75) is 38.1 Å². The summed E-state index contributed by atoms with van der Waals surface area (Å²) < 4.78 is 13.3. The van der Waals surface area contributed by atoms with Crippen molar-refractivity contribution in [3.8, 4) is 0 Å². The van der Waals surface area contributed by atoms with Gasteiger partial charge in [-0.15, -0.1) is 12.4 Å². The summed E-state index contributed by atoms with van der Waals surface area (Å²) in [7, 11) is 0. The molecule has 2 saturated heterocycles. The third kappa shape index (κ3) is 3.99. The monoisotopic (exact) mass is 326 g/mol. The molecule has 0 aromatic heterocycles. The van der Waals surface area contributed by atoms with Crippen LogP contribution in [-0.4, -0.2) is 36.5 Å². The predicted octanol–water partition coefficient (Wildman–Crippen LogP) is 2.78. The molecule has 3 rings (SSSR count). The smallest absolute Gasteiger partial charge is 0.227 e. The Morgan fingerprint density at radius 3 is 2.91 bits per heavy atom. The fourth-order valence-corrected chi connectivity index (χ4v) is 3.57. The van der Waals surface area contributed by atoms with Crippen LogP contribution in [0, 0.1) is 11.7 Å². The maximum atomic E-state index is 13.3. The number of benzene rings is 1. The topological polar surface area (TPSA) is 32.3 Å². The van der Waals surface area contributed by atoms with Crippen LogP contribution in [0.4, 0.5) is 4.39 Å². The zero-order chi connectivity index (χ0) is 14.7. The SMILES string of the molecule is Cl.O=C(C1CCCNC1)N1CCCC1Cc1cccc(F)c1. The highest BCUT2D eigenvalue weighted by molar-refractivity contribution is 5.85. The second-order valence-corrected chi connectivity index (χ2v) is 6.21. The van der Waals surface area contributed by atoms with Crippen LogP contribution in [-0.2, 0) is 11.2 Å². The number of carbonyl (C=O) groups is 1. The molecular weight excluding hydrogens is 303 g/mol. The first kappa shape index (κ1) is 17.2. The Kier molecular flexibility index (Phi) is 6.21. The van der Waals surface area contributed by atoms with Gasteiger partial charge in [-0.05, 0) is 56.3 Å². The molecule has 2 aliphatic rings. The summed E-state index contributed by atoms with van der Waals surface area (Å²) >= 11 is 0. The zero-order valence-electron chi connectivity index (χ0n) is 12.8. The van der Waals surface area contributed by atoms with Gasteiger partial charge in [-0.25, -0.2) is 4.39 Å². The van der Waals surface area contributed by atoms with E-state index in [1.165, 1.54) is 6.07 Å². The molecule has 1 amide bonds. The fourth-order valence-electron chi connectivity index (χ4n) is 3.57. The van der Waals surface area contributed by atoms with E-state index in [-0.39, 0.29) is 30.2 Å². The van der Waals surface area contributed by atoms with E-state index >= 15 is 0 Å². The average molecular weight is 327 g/mol. The number of likely N-dealkylation sites (tertiary alicyclic amines) is 1. The predicted molar refractivity (Wildman–Crippen MR) is 87.7 cm³/mol. The summed E-state index contributed by atoms with van der Waals surface area (Å²) in [6.45, 7) is 2.69. The van der Waals surface area contributed by atoms with Crippen molar-refractivity contribution in [3.05, 3.63) is 35.6 Å². The second-order valence-electron chi connectivity index (χ2n) is 6.21. The van der Waals surface area contributed by atoms with Crippen molar-refractivity contribution >= 4 is 18.3 Å². The Balaban J connectivity index is 0.00000176. The molecule has 2 heterocycles. The minimum absolute atomic E-state index is 0. The van der Waals surface area contributed by atoms with Gasteiger partial charge in [0, 0.05) is 19.1 Å². The molecular formula is C17H24ClFN2O. The molecule has 3 nitrogen and oxygen atoms in total. The lowest BCUT2D eigenvalue weighted by Gasteiger charge is -2.31. The number of carbonyl (C=O) groups excluding carboxylic acids is 1. The van der Waals surface area contributed by atoms with Crippen LogP contribution in [0.15, 0.2) is 24.3 Å². The molecule has 0 saturated carbocycles. The van der Waals surface area contributed by atoms with Crippen molar-refractivity contribution in [1.29, 1.82) is 0 Å². The third-order valence-corrected chi connectivity index (χ3v) is 4.67. The number of nitrogens with one attached hydrogen (secondary N) is 1. The lowest BCUT2D eigenvalue weighted by atomic mass is 9.97. The van der Waals surface area contributed by atoms with Crippen LogP contribution in [0.25, 0.3) is 0 Å². The largest absolute Gasteiger partial charge is 0.339 e. The van der Waals surface area contributed by atoms with Gasteiger partial charge in [-0.1, -0.05) is 12.1 Å². The van der Waals surface area contributed by atoms with Gasteiger partial charge in [0.15, 0.2) is 0 Å². The summed E-state index contributed by atoms with van der Waals surface area (Å²) in [6, 6.07) is 6.99. The van der Waals surface area contributed by atoms with Gasteiger partial charge in [0.2, 0.25) is 5.91 Å². The Bertz CT molecular complexity index is 505. The minimum Gasteiger partial charge on any atom is -0.339 e. The fraction of sp³-hybridized carbons (Fsp3) is 0.588. The van der Waals surface area contributed by atoms with E-state index < -0.39 is 0 Å². The normalized spacial score (nSPS) is 24.9. The first-order chi connectivity index (χ1) is 10.2. The Labute approximate surface area is 137 Å². The highest BCUT2D eigenvalue weighted by Crippen LogP contribution is 2.25. The molecule has 0 radical (unpaired) electrons. The van der Waals surface area contributed by atoms with E-state index in [9.17, 15) is 9.18 Å². The maximum Gasteiger partial charge on any atom is 0.227 e. The van der Waals surface area contributed by atoms with Crippen LogP contribution in [0.3, 0.4) is 0 Å². The average Bonchev–Trinajstić information content (AvgIpc) is 2.95. The van der Waals surface area contributed by atoms with Gasteiger partial charge in [0.1, 0.15) is 5.82 Å². The molecule has 0 aliphatic carbocycles. The van der Waals surface area contributed by atoms with Crippen molar-refractivity contribution in [1.82, 2.24) is 10.2 Å². The molecule has 1 N–H and O–H groups in total. The lowest BCUT2D eigenvalue weighted by Crippen LogP contribution is -2.45. The van der Waals surface area contributed by atoms with E-state index in [1.807, 2.05) is 11.0 Å². The molecule has 2 aliphatic heterocycles. The maximum absolute atomic E-state index is 13.3. The summed E-state index contributed by atoms with van der Waals surface area (Å²) in [5.41, 5.74) is 0.987. The van der Waals surface area contributed by atoms with Crippen LogP contribution < -0.4 is 5.32 Å². The number of rotatable bonds is 3. The molecule has 0 spiro atoms. The van der Waals surface area contributed by atoms with E-state index in [2.05, 4.69) is 5.32 Å². The van der Waals surface area contributed by atoms with Crippen LogP contribution in [0.2, 0.25) is 0 Å². The van der Waals surface area contributed by atoms with Gasteiger partial charge in [-0.3, -0.25) is 4.79 Å².